The molecule has 0 aliphatic carbocycles. The van der Waals surface area contributed by atoms with Gasteiger partial charge in [0.15, 0.2) is 0 Å². The van der Waals surface area contributed by atoms with Crippen molar-refractivity contribution < 1.29 is 19.0 Å². The van der Waals surface area contributed by atoms with Crippen molar-refractivity contribution >= 4 is 51.8 Å². The van der Waals surface area contributed by atoms with Gasteiger partial charge < -0.3 is 29.3 Å². The first-order valence-electron chi connectivity index (χ1n) is 14.7. The first-order valence-corrected chi connectivity index (χ1v) is 15.4. The lowest BCUT2D eigenvalue weighted by Gasteiger charge is -2.33. The van der Waals surface area contributed by atoms with Gasteiger partial charge in [-0.15, -0.1) is 0 Å². The van der Waals surface area contributed by atoms with Gasteiger partial charge in [-0.3, -0.25) is 14.2 Å². The number of amides is 1. The Morgan fingerprint density at radius 3 is 2.37 bits per heavy atom. The molecule has 3 heterocycles. The summed E-state index contributed by atoms with van der Waals surface area (Å²) in [6, 6.07) is 10.4. The number of pyridine rings is 1. The molecule has 1 amide bonds. The van der Waals surface area contributed by atoms with Gasteiger partial charge >= 0.3 is 0 Å². The zero-order valence-electron chi connectivity index (χ0n) is 26.3. The molecule has 1 aliphatic heterocycles. The van der Waals surface area contributed by atoms with E-state index in [1.165, 1.54) is 14.2 Å². The van der Waals surface area contributed by atoms with Crippen molar-refractivity contribution in [2.45, 2.75) is 18.9 Å². The molecule has 0 radical (unpaired) electrons. The lowest BCUT2D eigenvalue weighted by Crippen LogP contribution is -2.40. The van der Waals surface area contributed by atoms with Crippen LogP contribution in [0.2, 0.25) is 10.0 Å². The van der Waals surface area contributed by atoms with Gasteiger partial charge in [-0.2, -0.15) is 4.98 Å². The van der Waals surface area contributed by atoms with Crippen molar-refractivity contribution in [2.75, 3.05) is 60.4 Å². The summed E-state index contributed by atoms with van der Waals surface area (Å²) in [5.74, 6) is 1.55. The van der Waals surface area contributed by atoms with Crippen molar-refractivity contribution in [3.8, 4) is 28.4 Å². The molecule has 11 nitrogen and oxygen atoms in total. The first kappa shape index (κ1) is 33.1. The number of halogens is 2. The second-order valence-electron chi connectivity index (χ2n) is 11.1. The van der Waals surface area contributed by atoms with Crippen LogP contribution in [-0.4, -0.2) is 85.3 Å². The second-order valence-corrected chi connectivity index (χ2v) is 11.8. The molecule has 0 atom stereocenters. The Morgan fingerprint density at radius 1 is 1.04 bits per heavy atom. The Morgan fingerprint density at radius 2 is 1.74 bits per heavy atom. The number of fused-ring (bicyclic) bond motifs is 1. The fourth-order valence-corrected chi connectivity index (χ4v) is 6.17. The van der Waals surface area contributed by atoms with Crippen LogP contribution in [0.15, 0.2) is 59.5 Å². The Bertz CT molecular complexity index is 1810. The van der Waals surface area contributed by atoms with Gasteiger partial charge in [0.05, 0.1) is 36.9 Å². The predicted octanol–water partition coefficient (Wildman–Crippen LogP) is 5.82. The molecule has 1 aliphatic rings. The highest BCUT2D eigenvalue weighted by molar-refractivity contribution is 6.41. The van der Waals surface area contributed by atoms with E-state index in [0.717, 1.165) is 5.69 Å². The standard InChI is InChI=1S/C33H36Cl2N6O5/c1-39(2)13-7-10-27(42)40-14-11-22(12-15-40)41-31-20(19-36-33(38-31)37-21-8-6-9-23(17-21)44-3)16-24(32(41)43)28-29(34)25(45-4)18-26(46-5)30(28)35/h6-10,16-19,22H,11-15H2,1-5H3,(H,36,37,38)/b10-7+. The quantitative estimate of drug-likeness (QED) is 0.209. The summed E-state index contributed by atoms with van der Waals surface area (Å²) in [7, 11) is 8.44. The Balaban J connectivity index is 1.61. The van der Waals surface area contributed by atoms with E-state index < -0.39 is 0 Å². The SMILES string of the molecule is COc1cccc(Nc2ncc3cc(-c4c(Cl)c(OC)cc(OC)c4Cl)c(=O)n(C4CCN(C(=O)/C=C/CN(C)C)CC4)c3n2)c1. The fraction of sp³-hybridized carbons (Fsp3) is 0.333. The highest BCUT2D eigenvalue weighted by atomic mass is 35.5. The summed E-state index contributed by atoms with van der Waals surface area (Å²) in [6.07, 6.45) is 6.18. The molecule has 2 aromatic carbocycles. The molecule has 46 heavy (non-hydrogen) atoms. The van der Waals surface area contributed by atoms with Gasteiger partial charge in [0, 0.05) is 66.7 Å². The molecule has 0 bridgehead atoms. The maximum Gasteiger partial charge on any atom is 0.260 e. The van der Waals surface area contributed by atoms with Crippen molar-refractivity contribution in [1.29, 1.82) is 0 Å². The third kappa shape index (κ3) is 6.91. The van der Waals surface area contributed by atoms with Gasteiger partial charge in [-0.05, 0) is 45.1 Å². The summed E-state index contributed by atoms with van der Waals surface area (Å²) >= 11 is 13.6. The minimum absolute atomic E-state index is 0.0552. The molecule has 13 heteroatoms. The molecule has 1 fully saturated rings. The number of benzene rings is 2. The van der Waals surface area contributed by atoms with E-state index in [4.69, 9.17) is 42.4 Å². The molecular formula is C33H36Cl2N6O5. The van der Waals surface area contributed by atoms with Crippen molar-refractivity contribution in [3.63, 3.8) is 0 Å². The Labute approximate surface area is 277 Å². The van der Waals surface area contributed by atoms with Crippen LogP contribution in [0.5, 0.6) is 17.2 Å². The van der Waals surface area contributed by atoms with E-state index in [9.17, 15) is 9.59 Å². The van der Waals surface area contributed by atoms with Crippen LogP contribution in [0.3, 0.4) is 0 Å². The van der Waals surface area contributed by atoms with Gasteiger partial charge in [0.1, 0.15) is 22.9 Å². The number of nitrogens with zero attached hydrogens (tertiary/aromatic N) is 5. The van der Waals surface area contributed by atoms with Gasteiger partial charge in [-0.25, -0.2) is 4.98 Å². The molecule has 0 saturated carbocycles. The summed E-state index contributed by atoms with van der Waals surface area (Å²) in [5, 5.41) is 4.17. The van der Waals surface area contributed by atoms with Gasteiger partial charge in [0.2, 0.25) is 11.9 Å². The summed E-state index contributed by atoms with van der Waals surface area (Å²) in [5.41, 5.74) is 1.36. The molecule has 4 aromatic rings. The zero-order valence-corrected chi connectivity index (χ0v) is 27.9. The van der Waals surface area contributed by atoms with E-state index >= 15 is 0 Å². The molecular weight excluding hydrogens is 631 g/mol. The summed E-state index contributed by atoms with van der Waals surface area (Å²) < 4.78 is 18.0. The molecule has 1 saturated heterocycles. The van der Waals surface area contributed by atoms with Crippen LogP contribution in [-0.2, 0) is 4.79 Å². The van der Waals surface area contributed by atoms with Crippen molar-refractivity contribution in [1.82, 2.24) is 24.3 Å². The van der Waals surface area contributed by atoms with E-state index in [0.29, 0.717) is 66.7 Å². The number of methoxy groups -OCH3 is 3. The van der Waals surface area contributed by atoms with Crippen molar-refractivity contribution in [2.24, 2.45) is 0 Å². The fourth-order valence-electron chi connectivity index (χ4n) is 5.46. The molecule has 1 N–H and O–H groups in total. The number of piperidine rings is 1. The number of aromatic nitrogens is 3. The highest BCUT2D eigenvalue weighted by Crippen LogP contribution is 2.45. The lowest BCUT2D eigenvalue weighted by molar-refractivity contribution is -0.127. The lowest BCUT2D eigenvalue weighted by atomic mass is 10.0. The highest BCUT2D eigenvalue weighted by Gasteiger charge is 2.29. The summed E-state index contributed by atoms with van der Waals surface area (Å²) in [6.45, 7) is 1.62. The molecule has 0 unspecified atom stereocenters. The van der Waals surface area contributed by atoms with E-state index in [-0.39, 0.29) is 38.7 Å². The number of hydrogen-bond donors (Lipinski definition) is 1. The van der Waals surface area contributed by atoms with Crippen LogP contribution in [0.1, 0.15) is 18.9 Å². The maximum absolute atomic E-state index is 14.5. The normalized spacial score (nSPS) is 13.9. The maximum atomic E-state index is 14.5. The average Bonchev–Trinajstić information content (AvgIpc) is 3.05. The molecule has 242 valence electrons. The number of rotatable bonds is 10. The number of likely N-dealkylation sites (tertiary alicyclic amines) is 1. The molecule has 5 rings (SSSR count). The number of carbonyl (C=O) groups is 1. The van der Waals surface area contributed by atoms with E-state index in [2.05, 4.69) is 10.3 Å². The van der Waals surface area contributed by atoms with Crippen LogP contribution >= 0.6 is 23.2 Å². The smallest absolute Gasteiger partial charge is 0.260 e. The Hall–Kier alpha value is -4.32. The van der Waals surface area contributed by atoms with Crippen LogP contribution < -0.4 is 25.1 Å². The van der Waals surface area contributed by atoms with E-state index in [1.807, 2.05) is 49.3 Å². The first-order chi connectivity index (χ1) is 22.1. The number of nitrogens with one attached hydrogen (secondary N) is 1. The van der Waals surface area contributed by atoms with Crippen molar-refractivity contribution in [3.05, 3.63) is 75.1 Å². The predicted molar refractivity (Wildman–Crippen MR) is 181 cm³/mol. The largest absolute Gasteiger partial charge is 0.497 e. The van der Waals surface area contributed by atoms with Crippen LogP contribution in [0, 0.1) is 0 Å². The second kappa shape index (κ2) is 14.4. The summed E-state index contributed by atoms with van der Waals surface area (Å²) in [4.78, 5) is 40.5. The minimum atomic E-state index is -0.340. The zero-order chi connectivity index (χ0) is 33.0. The number of anilines is 2. The number of hydrogen-bond acceptors (Lipinski definition) is 9. The number of ether oxygens (including phenoxy) is 3. The van der Waals surface area contributed by atoms with Gasteiger partial charge in [0.25, 0.3) is 5.56 Å². The monoisotopic (exact) mass is 666 g/mol. The minimum Gasteiger partial charge on any atom is -0.497 e. The third-order valence-corrected chi connectivity index (χ3v) is 8.56. The van der Waals surface area contributed by atoms with Crippen LogP contribution in [0.25, 0.3) is 22.2 Å². The third-order valence-electron chi connectivity index (χ3n) is 7.81. The Kier molecular flexibility index (Phi) is 10.4. The van der Waals surface area contributed by atoms with E-state index in [1.54, 1.807) is 41.0 Å². The topological polar surface area (TPSA) is 111 Å². The van der Waals surface area contributed by atoms with Gasteiger partial charge in [-0.1, -0.05) is 35.3 Å². The molecule has 2 aromatic heterocycles. The molecule has 0 spiro atoms. The number of carbonyl (C=O) groups excluding carboxylic acids is 1. The van der Waals surface area contributed by atoms with Crippen LogP contribution in [0.4, 0.5) is 11.6 Å². The number of likely N-dealkylation sites (N-methyl/N-ethyl adjacent to an activating group) is 1. The average molecular weight is 668 g/mol.